The zero-order chi connectivity index (χ0) is 13.2. The number of rotatable bonds is 3. The molecule has 1 heterocycles. The maximum absolute atomic E-state index is 12.4. The van der Waals surface area contributed by atoms with Gasteiger partial charge in [-0.15, -0.1) is 0 Å². The van der Waals surface area contributed by atoms with Crippen molar-refractivity contribution >= 4 is 11.5 Å². The molecule has 0 spiro atoms. The minimum atomic E-state index is 0.0531. The molecular weight excluding hydrogens is 238 g/mol. The number of ketones is 1. The van der Waals surface area contributed by atoms with E-state index in [1.54, 1.807) is 19.2 Å². The van der Waals surface area contributed by atoms with E-state index in [-0.39, 0.29) is 5.78 Å². The molecule has 0 atom stereocenters. The summed E-state index contributed by atoms with van der Waals surface area (Å²) in [5.41, 5.74) is 3.80. The van der Waals surface area contributed by atoms with Gasteiger partial charge in [-0.3, -0.25) is 4.79 Å². The fourth-order valence-electron chi connectivity index (χ4n) is 2.36. The van der Waals surface area contributed by atoms with E-state index in [2.05, 4.69) is 5.32 Å². The molecule has 1 aliphatic heterocycles. The molecule has 3 heteroatoms. The van der Waals surface area contributed by atoms with Crippen LogP contribution in [0.5, 0.6) is 5.75 Å². The van der Waals surface area contributed by atoms with Crippen LogP contribution in [0.15, 0.2) is 42.5 Å². The highest BCUT2D eigenvalue weighted by atomic mass is 16.5. The van der Waals surface area contributed by atoms with E-state index in [0.717, 1.165) is 30.0 Å². The molecule has 0 fully saturated rings. The van der Waals surface area contributed by atoms with Gasteiger partial charge in [0.25, 0.3) is 0 Å². The second kappa shape index (κ2) is 4.76. The van der Waals surface area contributed by atoms with Crippen LogP contribution in [0.1, 0.15) is 21.5 Å². The first-order chi connectivity index (χ1) is 9.28. The molecular formula is C16H15NO2. The molecule has 0 amide bonds. The van der Waals surface area contributed by atoms with Gasteiger partial charge < -0.3 is 10.1 Å². The number of benzene rings is 2. The third-order valence-corrected chi connectivity index (χ3v) is 3.43. The third kappa shape index (κ3) is 2.19. The Morgan fingerprint density at radius 3 is 2.58 bits per heavy atom. The molecule has 3 nitrogen and oxygen atoms in total. The zero-order valence-electron chi connectivity index (χ0n) is 10.8. The summed E-state index contributed by atoms with van der Waals surface area (Å²) in [5, 5.41) is 3.29. The Bertz CT molecular complexity index is 617. The Balaban J connectivity index is 1.90. The quantitative estimate of drug-likeness (QED) is 0.855. The van der Waals surface area contributed by atoms with Gasteiger partial charge in [-0.2, -0.15) is 0 Å². The van der Waals surface area contributed by atoms with Gasteiger partial charge in [-0.05, 0) is 54.4 Å². The summed E-state index contributed by atoms with van der Waals surface area (Å²) in [6.07, 6.45) is 0.985. The van der Waals surface area contributed by atoms with Crippen molar-refractivity contribution in [3.8, 4) is 5.75 Å². The van der Waals surface area contributed by atoms with Crippen LogP contribution < -0.4 is 10.1 Å². The number of hydrogen-bond acceptors (Lipinski definition) is 3. The number of ether oxygens (including phenoxy) is 1. The molecule has 0 saturated carbocycles. The summed E-state index contributed by atoms with van der Waals surface area (Å²) < 4.78 is 5.10. The second-order valence-corrected chi connectivity index (χ2v) is 4.61. The molecule has 2 aromatic rings. The van der Waals surface area contributed by atoms with Gasteiger partial charge >= 0.3 is 0 Å². The minimum Gasteiger partial charge on any atom is -0.497 e. The molecule has 1 N–H and O–H groups in total. The molecule has 1 aliphatic rings. The fraction of sp³-hybridized carbons (Fsp3) is 0.188. The van der Waals surface area contributed by atoms with Crippen LogP contribution in [0.25, 0.3) is 0 Å². The lowest BCUT2D eigenvalue weighted by atomic mass is 10.0. The monoisotopic (exact) mass is 253 g/mol. The highest BCUT2D eigenvalue weighted by Gasteiger charge is 2.14. The van der Waals surface area contributed by atoms with Crippen LogP contribution in [0.2, 0.25) is 0 Å². The Kier molecular flexibility index (Phi) is 2.95. The molecule has 3 rings (SSSR count). The summed E-state index contributed by atoms with van der Waals surface area (Å²) >= 11 is 0. The Morgan fingerprint density at radius 2 is 1.84 bits per heavy atom. The first-order valence-corrected chi connectivity index (χ1v) is 6.33. The average molecular weight is 253 g/mol. The number of anilines is 1. The van der Waals surface area contributed by atoms with Crippen LogP contribution >= 0.6 is 0 Å². The molecule has 96 valence electrons. The Labute approximate surface area is 112 Å². The molecule has 0 bridgehead atoms. The standard InChI is InChI=1S/C16H15NO2/c1-19-14-5-2-11(3-6-14)16(18)13-4-7-15-12(10-13)8-9-17-15/h2-7,10,17H,8-9H2,1H3. The summed E-state index contributed by atoms with van der Waals surface area (Å²) in [4.78, 5) is 12.4. The van der Waals surface area contributed by atoms with Gasteiger partial charge in [0.2, 0.25) is 0 Å². The second-order valence-electron chi connectivity index (χ2n) is 4.61. The lowest BCUT2D eigenvalue weighted by molar-refractivity contribution is 0.103. The van der Waals surface area contributed by atoms with Gasteiger partial charge in [0.05, 0.1) is 7.11 Å². The molecule has 0 aliphatic carbocycles. The number of nitrogens with one attached hydrogen (secondary N) is 1. The van der Waals surface area contributed by atoms with E-state index in [1.165, 1.54) is 5.56 Å². The summed E-state index contributed by atoms with van der Waals surface area (Å²) in [7, 11) is 1.62. The van der Waals surface area contributed by atoms with Crippen molar-refractivity contribution in [1.82, 2.24) is 0 Å². The van der Waals surface area contributed by atoms with E-state index in [0.29, 0.717) is 5.56 Å². The Hall–Kier alpha value is -2.29. The van der Waals surface area contributed by atoms with Crippen molar-refractivity contribution in [1.29, 1.82) is 0 Å². The van der Waals surface area contributed by atoms with Crippen LogP contribution in [0, 0.1) is 0 Å². The van der Waals surface area contributed by atoms with Crippen LogP contribution in [0.3, 0.4) is 0 Å². The van der Waals surface area contributed by atoms with Crippen molar-refractivity contribution in [3.05, 3.63) is 59.2 Å². The number of fused-ring (bicyclic) bond motifs is 1. The molecule has 0 aromatic heterocycles. The highest BCUT2D eigenvalue weighted by Crippen LogP contribution is 2.24. The van der Waals surface area contributed by atoms with Gasteiger partial charge in [-0.25, -0.2) is 0 Å². The third-order valence-electron chi connectivity index (χ3n) is 3.43. The molecule has 19 heavy (non-hydrogen) atoms. The topological polar surface area (TPSA) is 38.3 Å². The number of carbonyl (C=O) groups is 1. The van der Waals surface area contributed by atoms with Crippen molar-refractivity contribution in [2.75, 3.05) is 19.0 Å². The molecule has 0 radical (unpaired) electrons. The summed E-state index contributed by atoms with van der Waals surface area (Å²) in [6.45, 7) is 0.954. The largest absolute Gasteiger partial charge is 0.497 e. The molecule has 0 saturated heterocycles. The molecule has 2 aromatic carbocycles. The van der Waals surface area contributed by atoms with Crippen molar-refractivity contribution in [2.45, 2.75) is 6.42 Å². The smallest absolute Gasteiger partial charge is 0.193 e. The van der Waals surface area contributed by atoms with E-state index in [1.807, 2.05) is 30.3 Å². The van der Waals surface area contributed by atoms with Gasteiger partial charge in [0, 0.05) is 23.4 Å². The van der Waals surface area contributed by atoms with Gasteiger partial charge in [-0.1, -0.05) is 0 Å². The maximum Gasteiger partial charge on any atom is 0.193 e. The van der Waals surface area contributed by atoms with Crippen LogP contribution in [-0.2, 0) is 6.42 Å². The Morgan fingerprint density at radius 1 is 1.11 bits per heavy atom. The SMILES string of the molecule is COc1ccc(C(=O)c2ccc3c(c2)CCN3)cc1. The predicted molar refractivity (Wildman–Crippen MR) is 75.1 cm³/mol. The molecule has 0 unspecified atom stereocenters. The van der Waals surface area contributed by atoms with E-state index < -0.39 is 0 Å². The normalized spacial score (nSPS) is 12.7. The van der Waals surface area contributed by atoms with Crippen LogP contribution in [-0.4, -0.2) is 19.4 Å². The van der Waals surface area contributed by atoms with Crippen molar-refractivity contribution < 1.29 is 9.53 Å². The van der Waals surface area contributed by atoms with E-state index in [4.69, 9.17) is 4.74 Å². The van der Waals surface area contributed by atoms with Gasteiger partial charge in [0.1, 0.15) is 5.75 Å². The first kappa shape index (κ1) is 11.8. The fourth-order valence-corrected chi connectivity index (χ4v) is 2.36. The maximum atomic E-state index is 12.4. The summed E-state index contributed by atoms with van der Waals surface area (Å²) in [5.74, 6) is 0.812. The predicted octanol–water partition coefficient (Wildman–Crippen LogP) is 2.89. The highest BCUT2D eigenvalue weighted by molar-refractivity contribution is 6.09. The number of hydrogen-bond donors (Lipinski definition) is 1. The van der Waals surface area contributed by atoms with Crippen LogP contribution in [0.4, 0.5) is 5.69 Å². The lowest BCUT2D eigenvalue weighted by Gasteiger charge is -2.05. The zero-order valence-corrected chi connectivity index (χ0v) is 10.8. The average Bonchev–Trinajstić information content (AvgIpc) is 2.94. The van der Waals surface area contributed by atoms with Gasteiger partial charge in [0.15, 0.2) is 5.78 Å². The number of carbonyl (C=O) groups excluding carboxylic acids is 1. The van der Waals surface area contributed by atoms with Crippen molar-refractivity contribution in [3.63, 3.8) is 0 Å². The lowest BCUT2D eigenvalue weighted by Crippen LogP contribution is -2.01. The van der Waals surface area contributed by atoms with E-state index >= 15 is 0 Å². The number of methoxy groups -OCH3 is 1. The minimum absolute atomic E-state index is 0.0531. The summed E-state index contributed by atoms with van der Waals surface area (Å²) in [6, 6.07) is 13.1. The van der Waals surface area contributed by atoms with Crippen molar-refractivity contribution in [2.24, 2.45) is 0 Å². The van der Waals surface area contributed by atoms with E-state index in [9.17, 15) is 4.79 Å². The first-order valence-electron chi connectivity index (χ1n) is 6.33.